The SMILES string of the molecule is C1=C(c2cccc(-c3cccc4c3sc3ccccc34)c2)CC(n2c3ccccc3c3ccccc32)C=C1n1c2ccccc2c2ccccc21. The molecule has 3 heteroatoms. The number of fused-ring (bicyclic) bond motifs is 9. The molecule has 1 unspecified atom stereocenters. The predicted molar refractivity (Wildman–Crippen MR) is 220 cm³/mol. The van der Waals surface area contributed by atoms with Gasteiger partial charge in [-0.25, -0.2) is 0 Å². The standard InChI is InChI=1S/C48H32N2S/c1-6-22-43-37(15-1)38-16-2-7-23-44(38)49(43)34-28-33(29-35(30-34)50-45-24-8-3-17-39(45)40-18-4-9-25-46(40)50)31-13-11-14-32(27-31)36-20-12-21-42-41-19-5-10-26-47(41)51-48(36)42/h1-28,30,35H,29H2. The lowest BCUT2D eigenvalue weighted by atomic mass is 9.90. The molecule has 3 aromatic heterocycles. The summed E-state index contributed by atoms with van der Waals surface area (Å²) in [5.41, 5.74) is 11.4. The lowest BCUT2D eigenvalue weighted by Gasteiger charge is -2.26. The van der Waals surface area contributed by atoms with Crippen LogP contribution >= 0.6 is 11.3 Å². The van der Waals surface area contributed by atoms with Gasteiger partial charge in [0.05, 0.1) is 17.1 Å². The minimum Gasteiger partial charge on any atom is -0.333 e. The molecule has 0 amide bonds. The third kappa shape index (κ3) is 4.35. The molecule has 0 radical (unpaired) electrons. The van der Waals surface area contributed by atoms with Crippen LogP contribution in [-0.4, -0.2) is 9.13 Å². The molecule has 0 N–H and O–H groups in total. The second-order valence-electron chi connectivity index (χ2n) is 13.7. The molecule has 1 aliphatic carbocycles. The van der Waals surface area contributed by atoms with Crippen molar-refractivity contribution in [1.29, 1.82) is 0 Å². The molecular formula is C48H32N2S. The van der Waals surface area contributed by atoms with E-state index in [4.69, 9.17) is 0 Å². The zero-order valence-corrected chi connectivity index (χ0v) is 28.6. The number of benzene rings is 7. The van der Waals surface area contributed by atoms with E-state index in [1.165, 1.54) is 91.7 Å². The van der Waals surface area contributed by atoms with E-state index in [0.717, 1.165) is 6.42 Å². The van der Waals surface area contributed by atoms with E-state index in [-0.39, 0.29) is 6.04 Å². The molecule has 240 valence electrons. The first kappa shape index (κ1) is 28.7. The molecule has 10 aromatic rings. The molecule has 0 saturated carbocycles. The van der Waals surface area contributed by atoms with Gasteiger partial charge in [0, 0.05) is 58.4 Å². The summed E-state index contributed by atoms with van der Waals surface area (Å²) in [7, 11) is 0. The van der Waals surface area contributed by atoms with Crippen LogP contribution in [0.15, 0.2) is 176 Å². The summed E-state index contributed by atoms with van der Waals surface area (Å²) in [6, 6.07) is 60.3. The Labute approximate surface area is 299 Å². The van der Waals surface area contributed by atoms with Crippen LogP contribution in [0.3, 0.4) is 0 Å². The molecule has 3 heterocycles. The Kier molecular flexibility index (Phi) is 6.28. The van der Waals surface area contributed by atoms with Gasteiger partial charge in [-0.15, -0.1) is 11.3 Å². The van der Waals surface area contributed by atoms with Crippen molar-refractivity contribution in [1.82, 2.24) is 9.13 Å². The van der Waals surface area contributed by atoms with Gasteiger partial charge in [0.25, 0.3) is 0 Å². The predicted octanol–water partition coefficient (Wildman–Crippen LogP) is 13.5. The number of thiophene rings is 1. The van der Waals surface area contributed by atoms with E-state index < -0.39 is 0 Å². The van der Waals surface area contributed by atoms with Crippen molar-refractivity contribution in [3.8, 4) is 11.1 Å². The Morgan fingerprint density at radius 2 is 1.00 bits per heavy atom. The monoisotopic (exact) mass is 668 g/mol. The van der Waals surface area contributed by atoms with Crippen molar-refractivity contribution < 1.29 is 0 Å². The Morgan fingerprint density at radius 1 is 0.471 bits per heavy atom. The summed E-state index contributed by atoms with van der Waals surface area (Å²) in [4.78, 5) is 0. The van der Waals surface area contributed by atoms with Gasteiger partial charge in [-0.2, -0.15) is 0 Å². The summed E-state index contributed by atoms with van der Waals surface area (Å²) < 4.78 is 7.74. The van der Waals surface area contributed by atoms with E-state index in [9.17, 15) is 0 Å². The van der Waals surface area contributed by atoms with Crippen LogP contribution in [0, 0.1) is 0 Å². The molecule has 0 aliphatic heterocycles. The number of allylic oxidation sites excluding steroid dienone is 4. The molecule has 1 aliphatic rings. The highest BCUT2D eigenvalue weighted by atomic mass is 32.1. The Balaban J connectivity index is 1.14. The van der Waals surface area contributed by atoms with Gasteiger partial charge in [0.15, 0.2) is 0 Å². The zero-order chi connectivity index (χ0) is 33.5. The first-order chi connectivity index (χ1) is 25.3. The molecule has 0 bridgehead atoms. The molecule has 0 saturated heterocycles. The van der Waals surface area contributed by atoms with E-state index in [0.29, 0.717) is 0 Å². The van der Waals surface area contributed by atoms with Crippen LogP contribution < -0.4 is 0 Å². The normalized spacial score (nSPS) is 15.0. The van der Waals surface area contributed by atoms with E-state index >= 15 is 0 Å². The van der Waals surface area contributed by atoms with Crippen molar-refractivity contribution in [2.75, 3.05) is 0 Å². The van der Waals surface area contributed by atoms with Gasteiger partial charge in [0.1, 0.15) is 0 Å². The van der Waals surface area contributed by atoms with Crippen molar-refractivity contribution in [3.05, 3.63) is 182 Å². The summed E-state index contributed by atoms with van der Waals surface area (Å²) in [5, 5.41) is 7.82. The second kappa shape index (κ2) is 11.2. The number of nitrogens with zero attached hydrogens (tertiary/aromatic N) is 2. The molecule has 0 fully saturated rings. The third-order valence-electron chi connectivity index (χ3n) is 10.9. The summed E-state index contributed by atoms with van der Waals surface area (Å²) >= 11 is 1.90. The quantitative estimate of drug-likeness (QED) is 0.177. The smallest absolute Gasteiger partial charge is 0.0586 e. The number of para-hydroxylation sites is 4. The Morgan fingerprint density at radius 3 is 1.69 bits per heavy atom. The average molecular weight is 669 g/mol. The number of rotatable bonds is 4. The fourth-order valence-corrected chi connectivity index (χ4v) is 9.88. The lowest BCUT2D eigenvalue weighted by molar-refractivity contribution is 0.656. The zero-order valence-electron chi connectivity index (χ0n) is 27.8. The van der Waals surface area contributed by atoms with Crippen LogP contribution in [0.2, 0.25) is 0 Å². The largest absolute Gasteiger partial charge is 0.333 e. The number of hydrogen-bond donors (Lipinski definition) is 0. The second-order valence-corrected chi connectivity index (χ2v) is 14.7. The van der Waals surface area contributed by atoms with Gasteiger partial charge >= 0.3 is 0 Å². The number of aromatic nitrogens is 2. The van der Waals surface area contributed by atoms with Gasteiger partial charge in [-0.3, -0.25) is 0 Å². The average Bonchev–Trinajstić information content (AvgIpc) is 3.86. The van der Waals surface area contributed by atoms with Crippen molar-refractivity contribution in [3.63, 3.8) is 0 Å². The van der Waals surface area contributed by atoms with Crippen molar-refractivity contribution >= 4 is 86.4 Å². The first-order valence-corrected chi connectivity index (χ1v) is 18.5. The Hall–Kier alpha value is -6.16. The molecule has 11 rings (SSSR count). The van der Waals surface area contributed by atoms with E-state index in [1.807, 2.05) is 11.3 Å². The number of hydrogen-bond acceptors (Lipinski definition) is 1. The molecule has 0 spiro atoms. The summed E-state index contributed by atoms with van der Waals surface area (Å²) in [6.07, 6.45) is 5.84. The third-order valence-corrected chi connectivity index (χ3v) is 12.1. The van der Waals surface area contributed by atoms with Crippen LogP contribution in [0.1, 0.15) is 18.0 Å². The molecule has 1 atom stereocenters. The summed E-state index contributed by atoms with van der Waals surface area (Å²) in [5.74, 6) is 0. The highest BCUT2D eigenvalue weighted by Gasteiger charge is 2.25. The minimum atomic E-state index is 0.111. The lowest BCUT2D eigenvalue weighted by Crippen LogP contribution is -2.13. The Bertz CT molecular complexity index is 2970. The van der Waals surface area contributed by atoms with E-state index in [2.05, 4.69) is 185 Å². The van der Waals surface area contributed by atoms with Crippen LogP contribution in [0.5, 0.6) is 0 Å². The maximum absolute atomic E-state index is 2.58. The molecule has 51 heavy (non-hydrogen) atoms. The van der Waals surface area contributed by atoms with Crippen LogP contribution in [0.25, 0.3) is 86.2 Å². The summed E-state index contributed by atoms with van der Waals surface area (Å²) in [6.45, 7) is 0. The highest BCUT2D eigenvalue weighted by molar-refractivity contribution is 7.26. The van der Waals surface area contributed by atoms with Crippen molar-refractivity contribution in [2.45, 2.75) is 12.5 Å². The van der Waals surface area contributed by atoms with Gasteiger partial charge in [-0.05, 0) is 77.2 Å². The van der Waals surface area contributed by atoms with Crippen LogP contribution in [-0.2, 0) is 0 Å². The van der Waals surface area contributed by atoms with E-state index in [1.54, 1.807) is 0 Å². The topological polar surface area (TPSA) is 9.86 Å². The van der Waals surface area contributed by atoms with Crippen LogP contribution in [0.4, 0.5) is 0 Å². The first-order valence-electron chi connectivity index (χ1n) is 17.7. The highest BCUT2D eigenvalue weighted by Crippen LogP contribution is 2.44. The van der Waals surface area contributed by atoms with Gasteiger partial charge in [0.2, 0.25) is 0 Å². The fourth-order valence-electron chi connectivity index (χ4n) is 8.64. The fraction of sp³-hybridized carbons (Fsp3) is 0.0417. The maximum atomic E-state index is 2.58. The minimum absolute atomic E-state index is 0.111. The molecule has 7 aromatic carbocycles. The molecule has 2 nitrogen and oxygen atoms in total. The van der Waals surface area contributed by atoms with Gasteiger partial charge in [-0.1, -0.05) is 127 Å². The van der Waals surface area contributed by atoms with Gasteiger partial charge < -0.3 is 9.13 Å². The van der Waals surface area contributed by atoms with Crippen molar-refractivity contribution in [2.24, 2.45) is 0 Å². The molecular weight excluding hydrogens is 637 g/mol. The maximum Gasteiger partial charge on any atom is 0.0586 e.